The van der Waals surface area contributed by atoms with Crippen LogP contribution in [0.2, 0.25) is 0 Å². The van der Waals surface area contributed by atoms with E-state index in [2.05, 4.69) is 51.3 Å². The fourth-order valence-electron chi connectivity index (χ4n) is 3.33. The van der Waals surface area contributed by atoms with Gasteiger partial charge in [0.1, 0.15) is 5.78 Å². The number of hydrogen-bond acceptors (Lipinski definition) is 3. The molecule has 0 aromatic rings. The number of carbonyl (C=O) groups excluding carboxylic acids is 1. The minimum atomic E-state index is -0.341. The number of Topliss-reactive ketones (excluding diaryl/α,β-unsaturated/α-hetero) is 1. The third kappa shape index (κ3) is 4.07. The van der Waals surface area contributed by atoms with Gasteiger partial charge in [0.15, 0.2) is 0 Å². The van der Waals surface area contributed by atoms with Crippen molar-refractivity contribution in [1.82, 2.24) is 9.80 Å². The molecule has 1 fully saturated rings. The Balaban J connectivity index is 2.71. The van der Waals surface area contributed by atoms with Crippen LogP contribution in [-0.4, -0.2) is 53.8 Å². The van der Waals surface area contributed by atoms with Gasteiger partial charge in [-0.15, -0.1) is 0 Å². The molecule has 0 bridgehead atoms. The van der Waals surface area contributed by atoms with E-state index in [1.165, 1.54) is 13.0 Å². The second-order valence-corrected chi connectivity index (χ2v) is 7.88. The highest BCUT2D eigenvalue weighted by atomic mass is 16.1. The van der Waals surface area contributed by atoms with Crippen molar-refractivity contribution in [2.75, 3.05) is 32.7 Å². The van der Waals surface area contributed by atoms with Crippen molar-refractivity contribution in [3.63, 3.8) is 0 Å². The SMILES string of the molecule is CCC(C)(C)C(C)(C(C)=O)N1CCN(CCC(C)C)CC1. The Labute approximate surface area is 132 Å². The second kappa shape index (κ2) is 7.23. The van der Waals surface area contributed by atoms with Crippen LogP contribution >= 0.6 is 0 Å². The first-order valence-corrected chi connectivity index (χ1v) is 8.63. The lowest BCUT2D eigenvalue weighted by Crippen LogP contribution is -2.64. The van der Waals surface area contributed by atoms with E-state index in [1.807, 2.05) is 0 Å². The minimum absolute atomic E-state index is 0.0128. The molecule has 0 saturated carbocycles. The molecule has 1 rings (SSSR count). The van der Waals surface area contributed by atoms with Crippen LogP contribution in [0.1, 0.15) is 61.3 Å². The molecule has 0 aromatic heterocycles. The predicted molar refractivity (Wildman–Crippen MR) is 90.6 cm³/mol. The third-order valence-electron chi connectivity index (χ3n) is 5.91. The normalized spacial score (nSPS) is 21.5. The molecule has 1 aliphatic rings. The Morgan fingerprint density at radius 1 is 1.10 bits per heavy atom. The number of carbonyl (C=O) groups is 1. The zero-order valence-electron chi connectivity index (χ0n) is 15.3. The van der Waals surface area contributed by atoms with E-state index in [0.717, 1.165) is 38.5 Å². The summed E-state index contributed by atoms with van der Waals surface area (Å²) in [6.45, 7) is 20.6. The highest BCUT2D eigenvalue weighted by Gasteiger charge is 2.48. The van der Waals surface area contributed by atoms with Gasteiger partial charge in [0.05, 0.1) is 5.54 Å². The van der Waals surface area contributed by atoms with Gasteiger partial charge >= 0.3 is 0 Å². The molecule has 0 spiro atoms. The van der Waals surface area contributed by atoms with Gasteiger partial charge in [-0.2, -0.15) is 0 Å². The molecular formula is C18H36N2O. The maximum Gasteiger partial charge on any atom is 0.150 e. The maximum atomic E-state index is 12.4. The van der Waals surface area contributed by atoms with Gasteiger partial charge in [-0.25, -0.2) is 0 Å². The van der Waals surface area contributed by atoms with Crippen LogP contribution in [0.4, 0.5) is 0 Å². The molecule has 124 valence electrons. The average molecular weight is 296 g/mol. The number of rotatable bonds is 7. The van der Waals surface area contributed by atoms with Crippen LogP contribution in [0.15, 0.2) is 0 Å². The molecular weight excluding hydrogens is 260 g/mol. The van der Waals surface area contributed by atoms with Crippen molar-refractivity contribution in [1.29, 1.82) is 0 Å². The summed E-state index contributed by atoms with van der Waals surface area (Å²) in [6.07, 6.45) is 2.29. The lowest BCUT2D eigenvalue weighted by Gasteiger charge is -2.52. The van der Waals surface area contributed by atoms with E-state index in [1.54, 1.807) is 6.92 Å². The molecule has 21 heavy (non-hydrogen) atoms. The van der Waals surface area contributed by atoms with Crippen LogP contribution in [-0.2, 0) is 4.79 Å². The fraction of sp³-hybridized carbons (Fsp3) is 0.944. The van der Waals surface area contributed by atoms with E-state index < -0.39 is 0 Å². The largest absolute Gasteiger partial charge is 0.301 e. The molecule has 0 radical (unpaired) electrons. The number of piperazine rings is 1. The van der Waals surface area contributed by atoms with Gasteiger partial charge < -0.3 is 4.90 Å². The Morgan fingerprint density at radius 3 is 2.00 bits per heavy atom. The smallest absolute Gasteiger partial charge is 0.150 e. The maximum absolute atomic E-state index is 12.4. The third-order valence-corrected chi connectivity index (χ3v) is 5.91. The molecule has 0 N–H and O–H groups in total. The number of nitrogens with zero attached hydrogens (tertiary/aromatic N) is 2. The summed E-state index contributed by atoms with van der Waals surface area (Å²) < 4.78 is 0. The molecule has 3 nitrogen and oxygen atoms in total. The summed E-state index contributed by atoms with van der Waals surface area (Å²) >= 11 is 0. The molecule has 0 amide bonds. The van der Waals surface area contributed by atoms with Crippen molar-refractivity contribution in [2.45, 2.75) is 66.8 Å². The molecule has 1 heterocycles. The van der Waals surface area contributed by atoms with Crippen molar-refractivity contribution in [2.24, 2.45) is 11.3 Å². The zero-order valence-corrected chi connectivity index (χ0v) is 15.3. The van der Waals surface area contributed by atoms with E-state index >= 15 is 0 Å². The van der Waals surface area contributed by atoms with E-state index in [-0.39, 0.29) is 11.0 Å². The van der Waals surface area contributed by atoms with Gasteiger partial charge in [0.25, 0.3) is 0 Å². The summed E-state index contributed by atoms with van der Waals surface area (Å²) in [5, 5.41) is 0. The van der Waals surface area contributed by atoms with Crippen molar-refractivity contribution in [3.05, 3.63) is 0 Å². The molecule has 0 aliphatic carbocycles. The van der Waals surface area contributed by atoms with Gasteiger partial charge in [0, 0.05) is 26.2 Å². The highest BCUT2D eigenvalue weighted by Crippen LogP contribution is 2.40. The van der Waals surface area contributed by atoms with Crippen LogP contribution < -0.4 is 0 Å². The van der Waals surface area contributed by atoms with E-state index in [4.69, 9.17) is 0 Å². The Kier molecular flexibility index (Phi) is 6.42. The molecule has 1 unspecified atom stereocenters. The lowest BCUT2D eigenvalue weighted by molar-refractivity contribution is -0.139. The summed E-state index contributed by atoms with van der Waals surface area (Å²) in [7, 11) is 0. The van der Waals surface area contributed by atoms with Crippen molar-refractivity contribution >= 4 is 5.78 Å². The predicted octanol–water partition coefficient (Wildman–Crippen LogP) is 3.43. The van der Waals surface area contributed by atoms with Gasteiger partial charge in [-0.05, 0) is 44.6 Å². The van der Waals surface area contributed by atoms with Crippen molar-refractivity contribution in [3.8, 4) is 0 Å². The van der Waals surface area contributed by atoms with Crippen LogP contribution in [0.3, 0.4) is 0 Å². The Morgan fingerprint density at radius 2 is 1.62 bits per heavy atom. The van der Waals surface area contributed by atoms with Crippen LogP contribution in [0.25, 0.3) is 0 Å². The average Bonchev–Trinajstić information content (AvgIpc) is 2.44. The molecule has 1 atom stereocenters. The first-order valence-electron chi connectivity index (χ1n) is 8.63. The number of ketones is 1. The number of hydrogen-bond donors (Lipinski definition) is 0. The standard InChI is InChI=1S/C18H36N2O/c1-8-17(5,6)18(7,16(4)21)20-13-11-19(12-14-20)10-9-15(2)3/h15H,8-14H2,1-7H3. The molecule has 1 saturated heterocycles. The van der Waals surface area contributed by atoms with Crippen molar-refractivity contribution < 1.29 is 4.79 Å². The van der Waals surface area contributed by atoms with Crippen LogP contribution in [0, 0.1) is 11.3 Å². The quantitative estimate of drug-likeness (QED) is 0.719. The molecule has 0 aromatic carbocycles. The van der Waals surface area contributed by atoms with Gasteiger partial charge in [0.2, 0.25) is 0 Å². The molecule has 3 heteroatoms. The first kappa shape index (κ1) is 18.6. The second-order valence-electron chi connectivity index (χ2n) is 7.88. The molecule has 1 aliphatic heterocycles. The summed E-state index contributed by atoms with van der Waals surface area (Å²) in [6, 6.07) is 0. The van der Waals surface area contributed by atoms with Crippen LogP contribution in [0.5, 0.6) is 0 Å². The summed E-state index contributed by atoms with van der Waals surface area (Å²) in [5.41, 5.74) is -0.329. The Bertz CT molecular complexity index is 343. The lowest BCUT2D eigenvalue weighted by atomic mass is 9.68. The van der Waals surface area contributed by atoms with Gasteiger partial charge in [-0.1, -0.05) is 34.6 Å². The Hall–Kier alpha value is -0.410. The highest BCUT2D eigenvalue weighted by molar-refractivity contribution is 5.86. The summed E-state index contributed by atoms with van der Waals surface area (Å²) in [4.78, 5) is 17.4. The fourth-order valence-corrected chi connectivity index (χ4v) is 3.33. The van der Waals surface area contributed by atoms with Gasteiger partial charge in [-0.3, -0.25) is 9.69 Å². The topological polar surface area (TPSA) is 23.6 Å². The van der Waals surface area contributed by atoms with E-state index in [9.17, 15) is 4.79 Å². The minimum Gasteiger partial charge on any atom is -0.301 e. The van der Waals surface area contributed by atoms with E-state index in [0.29, 0.717) is 5.78 Å². The first-order chi connectivity index (χ1) is 9.65. The summed E-state index contributed by atoms with van der Waals surface area (Å²) in [5.74, 6) is 1.08. The zero-order chi connectivity index (χ0) is 16.3. The monoisotopic (exact) mass is 296 g/mol.